The largest absolute Gasteiger partial charge is 0.341 e. The lowest BCUT2D eigenvalue weighted by atomic mass is 10.1. The molecule has 2 N–H and O–H groups in total. The van der Waals surface area contributed by atoms with Crippen LogP contribution in [0, 0.1) is 13.8 Å². The van der Waals surface area contributed by atoms with Crippen LogP contribution < -0.4 is 15.5 Å². The first-order chi connectivity index (χ1) is 15.5. The van der Waals surface area contributed by atoms with Crippen LogP contribution in [-0.4, -0.2) is 29.0 Å². The van der Waals surface area contributed by atoms with E-state index in [1.807, 2.05) is 43.3 Å². The monoisotopic (exact) mass is 429 g/mol. The van der Waals surface area contributed by atoms with Gasteiger partial charge in [-0.1, -0.05) is 29.8 Å². The summed E-state index contributed by atoms with van der Waals surface area (Å²) in [6, 6.07) is 18.0. The Morgan fingerprint density at radius 2 is 1.69 bits per heavy atom. The summed E-state index contributed by atoms with van der Waals surface area (Å²) in [4.78, 5) is 23.9. The van der Waals surface area contributed by atoms with Crippen molar-refractivity contribution >= 4 is 29.0 Å². The van der Waals surface area contributed by atoms with E-state index in [1.54, 1.807) is 0 Å². The van der Waals surface area contributed by atoms with Crippen molar-refractivity contribution in [1.29, 1.82) is 0 Å². The molecule has 0 spiro atoms. The molecule has 1 amide bonds. The van der Waals surface area contributed by atoms with Crippen molar-refractivity contribution < 1.29 is 4.79 Å². The van der Waals surface area contributed by atoms with Crippen LogP contribution in [0.2, 0.25) is 0 Å². The first-order valence-electron chi connectivity index (χ1n) is 11.4. The van der Waals surface area contributed by atoms with E-state index < -0.39 is 0 Å². The Bertz CT molecular complexity index is 1060. The molecule has 6 nitrogen and oxygen atoms in total. The van der Waals surface area contributed by atoms with Crippen molar-refractivity contribution in [3.8, 4) is 0 Å². The fraction of sp³-hybridized carbons (Fsp3) is 0.346. The third-order valence-electron chi connectivity index (χ3n) is 5.65. The van der Waals surface area contributed by atoms with Crippen LogP contribution in [0.4, 0.5) is 23.1 Å². The van der Waals surface area contributed by atoms with Gasteiger partial charge < -0.3 is 15.5 Å². The average Bonchev–Trinajstić information content (AvgIpc) is 2.79. The normalized spacial score (nSPS) is 13.6. The number of benzene rings is 2. The van der Waals surface area contributed by atoms with E-state index >= 15 is 0 Å². The number of piperidine rings is 1. The average molecular weight is 430 g/mol. The van der Waals surface area contributed by atoms with Crippen LogP contribution in [0.5, 0.6) is 0 Å². The van der Waals surface area contributed by atoms with E-state index in [2.05, 4.69) is 45.6 Å². The molecule has 1 fully saturated rings. The number of carbonyl (C=O) groups is 1. The minimum Gasteiger partial charge on any atom is -0.341 e. The Balaban J connectivity index is 1.33. The molecule has 3 aromatic rings. The SMILES string of the molecule is Cc1cccc(CCC(=O)Nc2ccc(Nc3cc(C)nc(N4CCCCC4)n3)cc2)c1. The lowest BCUT2D eigenvalue weighted by Gasteiger charge is -2.27. The molecule has 0 unspecified atom stereocenters. The first-order valence-corrected chi connectivity index (χ1v) is 11.4. The quantitative estimate of drug-likeness (QED) is 0.526. The maximum Gasteiger partial charge on any atom is 0.227 e. The van der Waals surface area contributed by atoms with Gasteiger partial charge >= 0.3 is 0 Å². The highest BCUT2D eigenvalue weighted by atomic mass is 16.1. The van der Waals surface area contributed by atoms with Gasteiger partial charge in [-0.25, -0.2) is 4.98 Å². The number of carbonyl (C=O) groups excluding carboxylic acids is 1. The van der Waals surface area contributed by atoms with Crippen molar-refractivity contribution in [3.63, 3.8) is 0 Å². The number of anilines is 4. The van der Waals surface area contributed by atoms with Gasteiger partial charge in [0, 0.05) is 42.6 Å². The third-order valence-corrected chi connectivity index (χ3v) is 5.65. The fourth-order valence-corrected chi connectivity index (χ4v) is 3.99. The lowest BCUT2D eigenvalue weighted by molar-refractivity contribution is -0.116. The summed E-state index contributed by atoms with van der Waals surface area (Å²) in [5.41, 5.74) is 5.06. The van der Waals surface area contributed by atoms with E-state index in [0.717, 1.165) is 48.3 Å². The molecule has 1 aliphatic heterocycles. The minimum atomic E-state index is 0.0183. The topological polar surface area (TPSA) is 70.2 Å². The number of rotatable bonds is 7. The second kappa shape index (κ2) is 10.3. The van der Waals surface area contributed by atoms with Crippen LogP contribution in [0.1, 0.15) is 42.5 Å². The smallest absolute Gasteiger partial charge is 0.227 e. The number of hydrogen-bond acceptors (Lipinski definition) is 5. The van der Waals surface area contributed by atoms with Gasteiger partial charge in [0.2, 0.25) is 11.9 Å². The minimum absolute atomic E-state index is 0.0183. The van der Waals surface area contributed by atoms with Gasteiger partial charge in [0.05, 0.1) is 0 Å². The van der Waals surface area contributed by atoms with Gasteiger partial charge in [0.25, 0.3) is 0 Å². The molecule has 2 aromatic carbocycles. The standard InChI is InChI=1S/C26H31N5O/c1-19-7-6-8-21(17-19)9-14-25(32)29-23-12-10-22(11-13-23)28-24-18-20(2)27-26(30-24)31-15-4-3-5-16-31/h6-8,10-13,17-18H,3-5,9,14-16H2,1-2H3,(H,29,32)(H,27,28,30). The zero-order chi connectivity index (χ0) is 22.3. The van der Waals surface area contributed by atoms with E-state index in [-0.39, 0.29) is 5.91 Å². The van der Waals surface area contributed by atoms with Crippen LogP contribution in [-0.2, 0) is 11.2 Å². The van der Waals surface area contributed by atoms with Gasteiger partial charge in [0.1, 0.15) is 5.82 Å². The number of aromatic nitrogens is 2. The summed E-state index contributed by atoms with van der Waals surface area (Å²) in [5, 5.41) is 6.35. The van der Waals surface area contributed by atoms with Crippen molar-refractivity contribution in [2.45, 2.75) is 46.0 Å². The highest BCUT2D eigenvalue weighted by Crippen LogP contribution is 2.22. The number of hydrogen-bond donors (Lipinski definition) is 2. The molecule has 0 radical (unpaired) electrons. The van der Waals surface area contributed by atoms with E-state index in [9.17, 15) is 4.79 Å². The van der Waals surface area contributed by atoms with Gasteiger partial charge in [-0.2, -0.15) is 4.98 Å². The summed E-state index contributed by atoms with van der Waals surface area (Å²) in [7, 11) is 0. The van der Waals surface area contributed by atoms with E-state index in [4.69, 9.17) is 4.98 Å². The number of nitrogens with one attached hydrogen (secondary N) is 2. The summed E-state index contributed by atoms with van der Waals surface area (Å²) in [6.07, 6.45) is 4.86. The second-order valence-electron chi connectivity index (χ2n) is 8.48. The van der Waals surface area contributed by atoms with Crippen LogP contribution in [0.25, 0.3) is 0 Å². The molecule has 1 aromatic heterocycles. The molecule has 1 saturated heterocycles. The zero-order valence-corrected chi connectivity index (χ0v) is 18.9. The van der Waals surface area contributed by atoms with Gasteiger partial charge in [-0.15, -0.1) is 0 Å². The molecule has 0 saturated carbocycles. The second-order valence-corrected chi connectivity index (χ2v) is 8.48. The van der Waals surface area contributed by atoms with Crippen LogP contribution in [0.15, 0.2) is 54.6 Å². The predicted octanol–water partition coefficient (Wildman–Crippen LogP) is 5.40. The van der Waals surface area contributed by atoms with E-state index in [0.29, 0.717) is 6.42 Å². The first kappa shape index (κ1) is 21.8. The van der Waals surface area contributed by atoms with Crippen molar-refractivity contribution in [2.75, 3.05) is 28.6 Å². The van der Waals surface area contributed by atoms with Gasteiger partial charge in [0.15, 0.2) is 0 Å². The van der Waals surface area contributed by atoms with Crippen molar-refractivity contribution in [1.82, 2.24) is 9.97 Å². The molecule has 32 heavy (non-hydrogen) atoms. The fourth-order valence-electron chi connectivity index (χ4n) is 3.99. The molecule has 6 heteroatoms. The molecule has 4 rings (SSSR count). The van der Waals surface area contributed by atoms with Gasteiger partial charge in [-0.3, -0.25) is 4.79 Å². The van der Waals surface area contributed by atoms with Crippen molar-refractivity contribution in [2.24, 2.45) is 0 Å². The molecule has 2 heterocycles. The maximum absolute atomic E-state index is 12.3. The Morgan fingerprint density at radius 1 is 0.938 bits per heavy atom. The highest BCUT2D eigenvalue weighted by Gasteiger charge is 2.14. The summed E-state index contributed by atoms with van der Waals surface area (Å²) in [5.74, 6) is 1.60. The third kappa shape index (κ3) is 6.06. The molecule has 1 aliphatic rings. The van der Waals surface area contributed by atoms with Crippen LogP contribution >= 0.6 is 0 Å². The van der Waals surface area contributed by atoms with Crippen LogP contribution in [0.3, 0.4) is 0 Å². The zero-order valence-electron chi connectivity index (χ0n) is 18.9. The van der Waals surface area contributed by atoms with Gasteiger partial charge in [-0.05, 0) is 69.4 Å². The molecule has 166 valence electrons. The van der Waals surface area contributed by atoms with E-state index in [1.165, 1.54) is 30.4 Å². The van der Waals surface area contributed by atoms with Crippen molar-refractivity contribution in [3.05, 3.63) is 71.4 Å². The number of aryl methyl sites for hydroxylation is 3. The molecular weight excluding hydrogens is 398 g/mol. The maximum atomic E-state index is 12.3. The lowest BCUT2D eigenvalue weighted by Crippen LogP contribution is -2.31. The molecule has 0 bridgehead atoms. The Kier molecular flexibility index (Phi) is 7.00. The molecule has 0 atom stereocenters. The summed E-state index contributed by atoms with van der Waals surface area (Å²) in [6.45, 7) is 6.09. The Hall–Kier alpha value is -3.41. The number of nitrogens with zero attached hydrogens (tertiary/aromatic N) is 3. The Morgan fingerprint density at radius 3 is 2.44 bits per heavy atom. The Labute approximate surface area is 190 Å². The highest BCUT2D eigenvalue weighted by molar-refractivity contribution is 5.91. The predicted molar refractivity (Wildman–Crippen MR) is 131 cm³/mol. The summed E-state index contributed by atoms with van der Waals surface area (Å²) < 4.78 is 0. The summed E-state index contributed by atoms with van der Waals surface area (Å²) >= 11 is 0. The number of amides is 1. The molecule has 0 aliphatic carbocycles. The molecular formula is C26H31N5O.